The number of fused-ring (bicyclic) bond motifs is 2. The third-order valence-corrected chi connectivity index (χ3v) is 5.09. The smallest absolute Gasteiger partial charge is 0.236 e. The first-order valence-electron chi connectivity index (χ1n) is 9.59. The molecule has 0 amide bonds. The van der Waals surface area contributed by atoms with Gasteiger partial charge in [-0.15, -0.1) is 0 Å². The molecule has 0 radical (unpaired) electrons. The molecule has 0 saturated heterocycles. The number of aromatic nitrogens is 2. The summed E-state index contributed by atoms with van der Waals surface area (Å²) in [6, 6.07) is 14.9. The zero-order valence-corrected chi connectivity index (χ0v) is 17.1. The summed E-state index contributed by atoms with van der Waals surface area (Å²) in [6.45, 7) is 13.5. The molecule has 0 spiro atoms. The molecule has 0 saturated carbocycles. The van der Waals surface area contributed by atoms with Crippen LogP contribution in [0, 0.1) is 5.41 Å². The standard InChI is InChI=1S/C24H28N3/c1-23(2,3)21-15-17(19-11-7-9-13-26(19)21)25-18-16-22(24(4,5)6)27-14-10-8-12-20(18)27/h7-16H,1-6H3/q+1. The van der Waals surface area contributed by atoms with Crippen LogP contribution in [0.3, 0.4) is 0 Å². The molecule has 3 heteroatoms. The third-order valence-electron chi connectivity index (χ3n) is 5.09. The van der Waals surface area contributed by atoms with E-state index in [0.29, 0.717) is 0 Å². The van der Waals surface area contributed by atoms with Gasteiger partial charge in [0.15, 0.2) is 11.9 Å². The number of rotatable bonds is 1. The molecule has 0 unspecified atom stereocenters. The van der Waals surface area contributed by atoms with Crippen molar-refractivity contribution in [3.05, 3.63) is 72.3 Å². The minimum Gasteiger partial charge on any atom is -0.318 e. The molecule has 0 N–H and O–H groups in total. The molecule has 0 atom stereocenters. The highest BCUT2D eigenvalue weighted by Crippen LogP contribution is 2.34. The summed E-state index contributed by atoms with van der Waals surface area (Å²) in [7, 11) is 0. The van der Waals surface area contributed by atoms with Crippen molar-refractivity contribution in [2.45, 2.75) is 47.0 Å². The molecule has 0 fully saturated rings. The zero-order valence-electron chi connectivity index (χ0n) is 17.1. The lowest BCUT2D eigenvalue weighted by Crippen LogP contribution is -2.38. The third kappa shape index (κ3) is 3.01. The Morgan fingerprint density at radius 3 is 2.33 bits per heavy atom. The molecule has 3 nitrogen and oxygen atoms in total. The average molecular weight is 359 g/mol. The summed E-state index contributed by atoms with van der Waals surface area (Å²) in [5, 5.41) is 0. The molecule has 4 rings (SSSR count). The second-order valence-electron chi connectivity index (χ2n) is 9.35. The van der Waals surface area contributed by atoms with Crippen molar-refractivity contribution in [1.82, 2.24) is 4.40 Å². The van der Waals surface area contributed by atoms with Gasteiger partial charge in [0.1, 0.15) is 5.71 Å². The highest BCUT2D eigenvalue weighted by atomic mass is 15.0. The summed E-state index contributed by atoms with van der Waals surface area (Å²) in [6.07, 6.45) is 6.50. The monoisotopic (exact) mass is 358 g/mol. The Kier molecular flexibility index (Phi) is 3.88. The number of hydrogen-bond donors (Lipinski definition) is 0. The van der Waals surface area contributed by atoms with Crippen LogP contribution in [0.15, 0.2) is 65.9 Å². The van der Waals surface area contributed by atoms with Crippen LogP contribution in [-0.4, -0.2) is 10.1 Å². The van der Waals surface area contributed by atoms with Gasteiger partial charge >= 0.3 is 0 Å². The molecule has 138 valence electrons. The fraction of sp³-hybridized carbons (Fsp3) is 0.333. The largest absolute Gasteiger partial charge is 0.318 e. The van der Waals surface area contributed by atoms with Gasteiger partial charge in [0.2, 0.25) is 5.69 Å². The van der Waals surface area contributed by atoms with Crippen molar-refractivity contribution in [2.24, 2.45) is 10.4 Å². The Morgan fingerprint density at radius 1 is 0.889 bits per heavy atom. The van der Waals surface area contributed by atoms with Crippen LogP contribution in [0.5, 0.6) is 0 Å². The highest BCUT2D eigenvalue weighted by Gasteiger charge is 2.36. The number of nitrogens with zero attached hydrogens (tertiary/aromatic N) is 3. The van der Waals surface area contributed by atoms with Gasteiger partial charge in [-0.05, 0) is 24.3 Å². The fourth-order valence-corrected chi connectivity index (χ4v) is 3.73. The Labute approximate surface area is 161 Å². The van der Waals surface area contributed by atoms with Crippen LogP contribution in [0.2, 0.25) is 0 Å². The lowest BCUT2D eigenvalue weighted by molar-refractivity contribution is -0.587. The van der Waals surface area contributed by atoms with Crippen molar-refractivity contribution in [2.75, 3.05) is 0 Å². The molecule has 27 heavy (non-hydrogen) atoms. The van der Waals surface area contributed by atoms with Crippen LogP contribution in [0.25, 0.3) is 11.2 Å². The molecule has 1 aliphatic rings. The topological polar surface area (TPSA) is 20.6 Å². The predicted molar refractivity (Wildman–Crippen MR) is 113 cm³/mol. The Bertz CT molecular complexity index is 1080. The lowest BCUT2D eigenvalue weighted by Gasteiger charge is -2.18. The van der Waals surface area contributed by atoms with E-state index in [1.165, 1.54) is 11.4 Å². The number of allylic oxidation sites excluding steroid dienone is 2. The molecule has 1 aliphatic heterocycles. The van der Waals surface area contributed by atoms with Crippen molar-refractivity contribution in [3.63, 3.8) is 0 Å². The Balaban J connectivity index is 1.94. The predicted octanol–water partition coefficient (Wildman–Crippen LogP) is 5.55. The maximum Gasteiger partial charge on any atom is 0.236 e. The van der Waals surface area contributed by atoms with E-state index in [0.717, 1.165) is 22.6 Å². The summed E-state index contributed by atoms with van der Waals surface area (Å²) in [5.74, 6) is 0. The molecule has 0 aliphatic carbocycles. The normalized spacial score (nSPS) is 16.1. The van der Waals surface area contributed by atoms with E-state index < -0.39 is 0 Å². The molecule has 0 aromatic carbocycles. The summed E-state index contributed by atoms with van der Waals surface area (Å²) >= 11 is 0. The molecular weight excluding hydrogens is 330 g/mol. The lowest BCUT2D eigenvalue weighted by atomic mass is 9.92. The molecule has 3 aromatic rings. The minimum atomic E-state index is 0.0530. The van der Waals surface area contributed by atoms with Crippen LogP contribution in [0.4, 0.5) is 5.69 Å². The van der Waals surface area contributed by atoms with E-state index in [2.05, 4.69) is 111 Å². The molecular formula is C24H28N3+. The average Bonchev–Trinajstić information content (AvgIpc) is 3.15. The minimum absolute atomic E-state index is 0.0530. The van der Waals surface area contributed by atoms with Gasteiger partial charge in [0, 0.05) is 40.9 Å². The van der Waals surface area contributed by atoms with Gasteiger partial charge in [-0.2, -0.15) is 4.57 Å². The van der Waals surface area contributed by atoms with Crippen molar-refractivity contribution in [3.8, 4) is 0 Å². The van der Waals surface area contributed by atoms with E-state index in [1.807, 2.05) is 0 Å². The number of pyridine rings is 2. The molecule has 4 heterocycles. The van der Waals surface area contributed by atoms with Gasteiger partial charge in [0.25, 0.3) is 0 Å². The van der Waals surface area contributed by atoms with Gasteiger partial charge in [0.05, 0.1) is 11.2 Å². The summed E-state index contributed by atoms with van der Waals surface area (Å²) < 4.78 is 4.53. The Morgan fingerprint density at radius 2 is 1.63 bits per heavy atom. The van der Waals surface area contributed by atoms with Crippen LogP contribution in [0.1, 0.15) is 52.9 Å². The number of aliphatic imine (C=N–C) groups is 1. The van der Waals surface area contributed by atoms with E-state index in [1.54, 1.807) is 0 Å². The van der Waals surface area contributed by atoms with Crippen molar-refractivity contribution >= 4 is 22.6 Å². The second-order valence-corrected chi connectivity index (χ2v) is 9.35. The van der Waals surface area contributed by atoms with Crippen molar-refractivity contribution < 1.29 is 4.57 Å². The van der Waals surface area contributed by atoms with E-state index in [-0.39, 0.29) is 10.8 Å². The van der Waals surface area contributed by atoms with Crippen LogP contribution in [-0.2, 0) is 5.41 Å². The Hall–Kier alpha value is -2.68. The van der Waals surface area contributed by atoms with Gasteiger partial charge in [-0.25, -0.2) is 4.99 Å². The molecule has 0 bridgehead atoms. The highest BCUT2D eigenvalue weighted by molar-refractivity contribution is 6.12. The van der Waals surface area contributed by atoms with E-state index >= 15 is 0 Å². The van der Waals surface area contributed by atoms with Crippen molar-refractivity contribution in [1.29, 1.82) is 0 Å². The van der Waals surface area contributed by atoms with Gasteiger partial charge in [-0.3, -0.25) is 0 Å². The maximum atomic E-state index is 5.12. The quantitative estimate of drug-likeness (QED) is 0.509. The van der Waals surface area contributed by atoms with Gasteiger partial charge in [-0.1, -0.05) is 47.6 Å². The fourth-order valence-electron chi connectivity index (χ4n) is 3.73. The van der Waals surface area contributed by atoms with Crippen LogP contribution < -0.4 is 4.57 Å². The SMILES string of the molecule is CC(C)(C)C1=CC(=Nc2cc(C(C)(C)C)n3ccccc23)c2cccc[n+]21. The first-order valence-corrected chi connectivity index (χ1v) is 9.59. The first kappa shape index (κ1) is 17.7. The summed E-state index contributed by atoms with van der Waals surface area (Å²) in [5.41, 5.74) is 7.00. The first-order chi connectivity index (χ1) is 12.7. The summed E-state index contributed by atoms with van der Waals surface area (Å²) in [4.78, 5) is 5.12. The van der Waals surface area contributed by atoms with E-state index in [9.17, 15) is 0 Å². The molecule has 3 aromatic heterocycles. The second kappa shape index (κ2) is 5.91. The maximum absolute atomic E-state index is 5.12. The van der Waals surface area contributed by atoms with Crippen LogP contribution >= 0.6 is 0 Å². The zero-order chi connectivity index (χ0) is 19.4. The van der Waals surface area contributed by atoms with Gasteiger partial charge < -0.3 is 4.40 Å². The number of hydrogen-bond acceptors (Lipinski definition) is 1. The van der Waals surface area contributed by atoms with E-state index in [4.69, 9.17) is 4.99 Å².